The summed E-state index contributed by atoms with van der Waals surface area (Å²) in [6, 6.07) is 0. The number of hydrogen-bond donors (Lipinski definition) is 1. The molecule has 1 heteroatoms. The van der Waals surface area contributed by atoms with Crippen molar-refractivity contribution in [2.45, 2.75) is 60.0 Å². The van der Waals surface area contributed by atoms with Crippen molar-refractivity contribution in [3.63, 3.8) is 0 Å². The van der Waals surface area contributed by atoms with Crippen molar-refractivity contribution >= 4 is 0 Å². The number of aliphatic hydroxyl groups is 1. The van der Waals surface area contributed by atoms with Gasteiger partial charge in [-0.15, -0.1) is 0 Å². The number of hydrogen-bond acceptors (Lipinski definition) is 1. The third-order valence-corrected chi connectivity index (χ3v) is 4.36. The third-order valence-electron chi connectivity index (χ3n) is 4.36. The highest BCUT2D eigenvalue weighted by Crippen LogP contribution is 2.43. The van der Waals surface area contributed by atoms with Crippen molar-refractivity contribution in [1.29, 1.82) is 0 Å². The molecule has 0 aromatic heterocycles. The summed E-state index contributed by atoms with van der Waals surface area (Å²) in [4.78, 5) is 0. The molecule has 0 heterocycles. The minimum absolute atomic E-state index is 0.0660. The summed E-state index contributed by atoms with van der Waals surface area (Å²) in [6.45, 7) is 11.4. The second kappa shape index (κ2) is 5.34. The van der Waals surface area contributed by atoms with E-state index in [0.717, 1.165) is 0 Å². The van der Waals surface area contributed by atoms with Gasteiger partial charge in [-0.25, -0.2) is 0 Å². The lowest BCUT2D eigenvalue weighted by atomic mass is 9.63. The molecule has 0 aromatic carbocycles. The predicted molar refractivity (Wildman–Crippen MR) is 65.7 cm³/mol. The molecule has 0 aromatic rings. The molecular formula is C14H28O. The fourth-order valence-corrected chi connectivity index (χ4v) is 3.72. The minimum atomic E-state index is -0.0660. The molecule has 1 N–H and O–H groups in total. The van der Waals surface area contributed by atoms with E-state index in [-0.39, 0.29) is 6.10 Å². The first-order chi connectivity index (χ1) is 6.99. The van der Waals surface area contributed by atoms with Crippen molar-refractivity contribution in [3.8, 4) is 0 Å². The molecule has 1 fully saturated rings. The largest absolute Gasteiger partial charge is 0.393 e. The van der Waals surface area contributed by atoms with E-state index in [9.17, 15) is 5.11 Å². The second-order valence-electron chi connectivity index (χ2n) is 5.95. The van der Waals surface area contributed by atoms with Gasteiger partial charge in [-0.05, 0) is 42.4 Å². The monoisotopic (exact) mass is 212 g/mol. The van der Waals surface area contributed by atoms with Crippen molar-refractivity contribution in [2.24, 2.45) is 29.6 Å². The van der Waals surface area contributed by atoms with E-state index in [1.54, 1.807) is 0 Å². The highest BCUT2D eigenvalue weighted by Gasteiger charge is 2.40. The SMILES string of the molecule is CCCC1[C@H](C)CC(C)[C@@H](C(C)C)[C@@H]1O. The van der Waals surface area contributed by atoms with Crippen LogP contribution in [0.15, 0.2) is 0 Å². The maximum absolute atomic E-state index is 10.5. The molecule has 1 aliphatic rings. The number of aliphatic hydroxyl groups excluding tert-OH is 1. The molecule has 1 rings (SSSR count). The summed E-state index contributed by atoms with van der Waals surface area (Å²) < 4.78 is 0. The van der Waals surface area contributed by atoms with Gasteiger partial charge < -0.3 is 5.11 Å². The minimum Gasteiger partial charge on any atom is -0.393 e. The molecule has 2 unspecified atom stereocenters. The van der Waals surface area contributed by atoms with Gasteiger partial charge in [-0.1, -0.05) is 41.0 Å². The normalized spacial score (nSPS) is 42.2. The maximum atomic E-state index is 10.5. The smallest absolute Gasteiger partial charge is 0.0604 e. The first-order valence-corrected chi connectivity index (χ1v) is 6.67. The van der Waals surface area contributed by atoms with Crippen LogP contribution in [0.25, 0.3) is 0 Å². The Balaban J connectivity index is 2.74. The van der Waals surface area contributed by atoms with E-state index < -0.39 is 0 Å². The Kier molecular flexibility index (Phi) is 4.64. The van der Waals surface area contributed by atoms with E-state index in [2.05, 4.69) is 34.6 Å². The Morgan fingerprint density at radius 3 is 2.27 bits per heavy atom. The van der Waals surface area contributed by atoms with Crippen LogP contribution in [0.2, 0.25) is 0 Å². The highest BCUT2D eigenvalue weighted by atomic mass is 16.3. The molecular weight excluding hydrogens is 184 g/mol. The average molecular weight is 212 g/mol. The summed E-state index contributed by atoms with van der Waals surface area (Å²) in [5, 5.41) is 10.5. The van der Waals surface area contributed by atoms with Gasteiger partial charge in [0.05, 0.1) is 6.10 Å². The molecule has 1 nitrogen and oxygen atoms in total. The predicted octanol–water partition coefficient (Wildman–Crippen LogP) is 3.71. The molecule has 90 valence electrons. The van der Waals surface area contributed by atoms with Gasteiger partial charge in [0, 0.05) is 0 Å². The Labute approximate surface area is 95.3 Å². The van der Waals surface area contributed by atoms with Crippen LogP contribution in [-0.2, 0) is 0 Å². The third kappa shape index (κ3) is 2.75. The van der Waals surface area contributed by atoms with E-state index in [0.29, 0.717) is 29.6 Å². The van der Waals surface area contributed by atoms with Gasteiger partial charge in [0.15, 0.2) is 0 Å². The van der Waals surface area contributed by atoms with Crippen molar-refractivity contribution in [2.75, 3.05) is 0 Å². The Hall–Kier alpha value is -0.0400. The molecule has 0 aliphatic heterocycles. The standard InChI is InChI=1S/C14H28O/c1-6-7-12-10(4)8-11(5)13(9(2)3)14(12)15/h9-15H,6-8H2,1-5H3/t10-,11?,12?,13-,14-/m1/s1. The fourth-order valence-electron chi connectivity index (χ4n) is 3.72. The van der Waals surface area contributed by atoms with E-state index in [1.165, 1.54) is 19.3 Å². The topological polar surface area (TPSA) is 20.2 Å². The Bertz CT molecular complexity index is 188. The van der Waals surface area contributed by atoms with Gasteiger partial charge >= 0.3 is 0 Å². The molecule has 0 radical (unpaired) electrons. The lowest BCUT2D eigenvalue weighted by molar-refractivity contribution is -0.0586. The van der Waals surface area contributed by atoms with Crippen molar-refractivity contribution < 1.29 is 5.11 Å². The van der Waals surface area contributed by atoms with Crippen LogP contribution in [0, 0.1) is 29.6 Å². The molecule has 15 heavy (non-hydrogen) atoms. The van der Waals surface area contributed by atoms with Crippen LogP contribution in [0.3, 0.4) is 0 Å². The van der Waals surface area contributed by atoms with Crippen LogP contribution in [0.1, 0.15) is 53.9 Å². The molecule has 0 bridgehead atoms. The molecule has 0 saturated heterocycles. The molecule has 1 aliphatic carbocycles. The summed E-state index contributed by atoms with van der Waals surface area (Å²) in [5.41, 5.74) is 0. The lowest BCUT2D eigenvalue weighted by Gasteiger charge is -2.45. The van der Waals surface area contributed by atoms with Crippen molar-refractivity contribution in [1.82, 2.24) is 0 Å². The zero-order valence-electron chi connectivity index (χ0n) is 11.0. The summed E-state index contributed by atoms with van der Waals surface area (Å²) in [6.07, 6.45) is 3.62. The molecule has 0 amide bonds. The first kappa shape index (κ1) is 13.0. The van der Waals surface area contributed by atoms with Crippen molar-refractivity contribution in [3.05, 3.63) is 0 Å². The summed E-state index contributed by atoms with van der Waals surface area (Å²) in [5.74, 6) is 3.05. The second-order valence-corrected chi connectivity index (χ2v) is 5.95. The van der Waals surface area contributed by atoms with E-state index in [4.69, 9.17) is 0 Å². The quantitative estimate of drug-likeness (QED) is 0.756. The zero-order chi connectivity index (χ0) is 11.6. The first-order valence-electron chi connectivity index (χ1n) is 6.67. The van der Waals surface area contributed by atoms with Gasteiger partial charge in [0.2, 0.25) is 0 Å². The van der Waals surface area contributed by atoms with Gasteiger partial charge in [0.1, 0.15) is 0 Å². The van der Waals surface area contributed by atoms with Crippen LogP contribution < -0.4 is 0 Å². The van der Waals surface area contributed by atoms with Crippen LogP contribution >= 0.6 is 0 Å². The van der Waals surface area contributed by atoms with Gasteiger partial charge in [-0.2, -0.15) is 0 Å². The highest BCUT2D eigenvalue weighted by molar-refractivity contribution is 4.90. The van der Waals surface area contributed by atoms with E-state index in [1.807, 2.05) is 0 Å². The Morgan fingerprint density at radius 2 is 1.80 bits per heavy atom. The maximum Gasteiger partial charge on any atom is 0.0604 e. The molecule has 0 spiro atoms. The molecule has 5 atom stereocenters. The van der Waals surface area contributed by atoms with Crippen LogP contribution in [0.5, 0.6) is 0 Å². The summed E-state index contributed by atoms with van der Waals surface area (Å²) >= 11 is 0. The van der Waals surface area contributed by atoms with E-state index >= 15 is 0 Å². The van der Waals surface area contributed by atoms with Crippen LogP contribution in [0.4, 0.5) is 0 Å². The lowest BCUT2D eigenvalue weighted by Crippen LogP contribution is -2.44. The number of rotatable bonds is 3. The van der Waals surface area contributed by atoms with Gasteiger partial charge in [0.25, 0.3) is 0 Å². The summed E-state index contributed by atoms with van der Waals surface area (Å²) in [7, 11) is 0. The average Bonchev–Trinajstić information content (AvgIpc) is 2.11. The van der Waals surface area contributed by atoms with Gasteiger partial charge in [-0.3, -0.25) is 0 Å². The Morgan fingerprint density at radius 1 is 1.20 bits per heavy atom. The van der Waals surface area contributed by atoms with Crippen LogP contribution in [-0.4, -0.2) is 11.2 Å². The zero-order valence-corrected chi connectivity index (χ0v) is 11.0. The fraction of sp³-hybridized carbons (Fsp3) is 1.00. The molecule has 1 saturated carbocycles.